The van der Waals surface area contributed by atoms with E-state index in [2.05, 4.69) is 18.3 Å². The number of piperidine rings is 1. The highest BCUT2D eigenvalue weighted by Gasteiger charge is 2.25. The summed E-state index contributed by atoms with van der Waals surface area (Å²) in [5, 5.41) is 3.03. The Labute approximate surface area is 161 Å². The summed E-state index contributed by atoms with van der Waals surface area (Å²) in [6, 6.07) is 15.8. The minimum Gasteiger partial charge on any atom is -0.352 e. The molecule has 0 radical (unpaired) electrons. The van der Waals surface area contributed by atoms with Gasteiger partial charge in [0.05, 0.1) is 0 Å². The van der Waals surface area contributed by atoms with Gasteiger partial charge in [0.2, 0.25) is 5.91 Å². The van der Waals surface area contributed by atoms with E-state index in [1.165, 1.54) is 5.56 Å². The van der Waals surface area contributed by atoms with Crippen LogP contribution in [0.2, 0.25) is 0 Å². The van der Waals surface area contributed by atoms with Gasteiger partial charge in [-0.3, -0.25) is 9.59 Å². The van der Waals surface area contributed by atoms with Crippen molar-refractivity contribution >= 4 is 11.8 Å². The van der Waals surface area contributed by atoms with Gasteiger partial charge in [0.15, 0.2) is 0 Å². The maximum Gasteiger partial charge on any atom is 0.253 e. The molecule has 1 heterocycles. The van der Waals surface area contributed by atoms with E-state index in [0.717, 1.165) is 42.6 Å². The summed E-state index contributed by atoms with van der Waals surface area (Å²) in [7, 11) is 0. The average Bonchev–Trinajstić information content (AvgIpc) is 2.68. The fraction of sp³-hybridized carbons (Fsp3) is 0.391. The van der Waals surface area contributed by atoms with Crippen molar-refractivity contribution in [3.8, 4) is 0 Å². The van der Waals surface area contributed by atoms with Gasteiger partial charge in [0.1, 0.15) is 0 Å². The molecule has 0 aromatic heterocycles. The molecule has 2 aromatic carbocycles. The van der Waals surface area contributed by atoms with E-state index < -0.39 is 0 Å². The normalized spacial score (nSPS) is 14.8. The fourth-order valence-electron chi connectivity index (χ4n) is 3.56. The topological polar surface area (TPSA) is 49.4 Å². The van der Waals surface area contributed by atoms with E-state index in [-0.39, 0.29) is 11.8 Å². The first-order valence-electron chi connectivity index (χ1n) is 9.70. The second kappa shape index (κ2) is 8.85. The number of likely N-dealkylation sites (tertiary alicyclic amines) is 1. The van der Waals surface area contributed by atoms with Crippen LogP contribution in [-0.4, -0.2) is 29.8 Å². The molecule has 0 bridgehead atoms. The third-order valence-corrected chi connectivity index (χ3v) is 5.41. The molecule has 142 valence electrons. The molecule has 27 heavy (non-hydrogen) atoms. The number of carbonyl (C=O) groups is 2. The van der Waals surface area contributed by atoms with Crippen molar-refractivity contribution in [3.63, 3.8) is 0 Å². The van der Waals surface area contributed by atoms with Gasteiger partial charge in [-0.05, 0) is 55.9 Å². The summed E-state index contributed by atoms with van der Waals surface area (Å²) >= 11 is 0. The molecule has 3 rings (SSSR count). The first kappa shape index (κ1) is 19.2. The molecule has 2 amide bonds. The van der Waals surface area contributed by atoms with Crippen molar-refractivity contribution in [2.75, 3.05) is 13.1 Å². The smallest absolute Gasteiger partial charge is 0.253 e. The second-order valence-electron chi connectivity index (χ2n) is 7.51. The number of rotatable bonds is 5. The third-order valence-electron chi connectivity index (χ3n) is 5.41. The van der Waals surface area contributed by atoms with Crippen LogP contribution in [0, 0.1) is 19.8 Å². The van der Waals surface area contributed by atoms with E-state index in [1.807, 2.05) is 54.3 Å². The first-order valence-corrected chi connectivity index (χ1v) is 9.70. The fourth-order valence-corrected chi connectivity index (χ4v) is 3.56. The highest BCUT2D eigenvalue weighted by atomic mass is 16.2. The molecule has 1 fully saturated rings. The maximum atomic E-state index is 12.6. The Morgan fingerprint density at radius 3 is 2.33 bits per heavy atom. The van der Waals surface area contributed by atoms with Crippen LogP contribution >= 0.6 is 0 Å². The molecule has 4 nitrogen and oxygen atoms in total. The molecule has 1 aliphatic heterocycles. The van der Waals surface area contributed by atoms with Gasteiger partial charge in [-0.1, -0.05) is 42.0 Å². The van der Waals surface area contributed by atoms with Gasteiger partial charge in [-0.2, -0.15) is 0 Å². The summed E-state index contributed by atoms with van der Waals surface area (Å²) in [6.07, 6.45) is 2.31. The lowest BCUT2D eigenvalue weighted by Gasteiger charge is -2.32. The van der Waals surface area contributed by atoms with E-state index in [0.29, 0.717) is 18.9 Å². The minimum atomic E-state index is 0.0949. The Bertz CT molecular complexity index is 790. The summed E-state index contributed by atoms with van der Waals surface area (Å²) in [5.74, 6) is 0.544. The summed E-state index contributed by atoms with van der Waals surface area (Å²) in [5.41, 5.74) is 4.25. The first-order chi connectivity index (χ1) is 13.0. The van der Waals surface area contributed by atoms with Gasteiger partial charge >= 0.3 is 0 Å². The molecular weight excluding hydrogens is 336 g/mol. The number of carbonyl (C=O) groups excluding carboxylic acids is 2. The Balaban J connectivity index is 1.43. The Morgan fingerprint density at radius 1 is 1.00 bits per heavy atom. The zero-order valence-corrected chi connectivity index (χ0v) is 16.2. The Kier molecular flexibility index (Phi) is 6.28. The number of hydrogen-bond donors (Lipinski definition) is 1. The van der Waals surface area contributed by atoms with E-state index in [9.17, 15) is 9.59 Å². The van der Waals surface area contributed by atoms with Gasteiger partial charge in [0, 0.05) is 31.6 Å². The van der Waals surface area contributed by atoms with Crippen molar-refractivity contribution in [3.05, 3.63) is 70.8 Å². The number of amides is 2. The van der Waals surface area contributed by atoms with Crippen LogP contribution in [0.25, 0.3) is 0 Å². The molecule has 0 saturated carbocycles. The molecule has 1 saturated heterocycles. The number of nitrogens with zero attached hydrogens (tertiary/aromatic N) is 1. The van der Waals surface area contributed by atoms with Crippen LogP contribution in [0.5, 0.6) is 0 Å². The third kappa shape index (κ3) is 5.19. The molecule has 1 N–H and O–H groups in total. The molecule has 0 atom stereocenters. The van der Waals surface area contributed by atoms with Crippen LogP contribution in [0.3, 0.4) is 0 Å². The second-order valence-corrected chi connectivity index (χ2v) is 7.51. The van der Waals surface area contributed by atoms with E-state index in [1.54, 1.807) is 0 Å². The van der Waals surface area contributed by atoms with Gasteiger partial charge < -0.3 is 10.2 Å². The summed E-state index contributed by atoms with van der Waals surface area (Å²) in [4.78, 5) is 26.8. The molecule has 2 aromatic rings. The predicted octanol–water partition coefficient (Wildman–Crippen LogP) is 3.86. The zero-order valence-electron chi connectivity index (χ0n) is 16.2. The lowest BCUT2D eigenvalue weighted by molar-refractivity contribution is -0.122. The van der Waals surface area contributed by atoms with Gasteiger partial charge in [-0.25, -0.2) is 0 Å². The molecule has 0 aliphatic carbocycles. The maximum absolute atomic E-state index is 12.6. The molecular formula is C23H28N2O2. The van der Waals surface area contributed by atoms with Gasteiger partial charge in [0.25, 0.3) is 5.91 Å². The van der Waals surface area contributed by atoms with Crippen LogP contribution in [0.15, 0.2) is 48.5 Å². The number of aryl methyl sites for hydroxylation is 2. The molecule has 0 spiro atoms. The van der Waals surface area contributed by atoms with Crippen LogP contribution in [0.1, 0.15) is 46.3 Å². The highest BCUT2D eigenvalue weighted by Crippen LogP contribution is 2.22. The predicted molar refractivity (Wildman–Crippen MR) is 107 cm³/mol. The zero-order chi connectivity index (χ0) is 19.2. The SMILES string of the molecule is Cc1ccc(C(=O)N2CCC(CC(=O)NCc3ccccc3C)CC2)cc1. The number of hydrogen-bond acceptors (Lipinski definition) is 2. The summed E-state index contributed by atoms with van der Waals surface area (Å²) in [6.45, 7) is 6.10. The van der Waals surface area contributed by atoms with Crippen LogP contribution in [-0.2, 0) is 11.3 Å². The molecule has 1 aliphatic rings. The number of benzene rings is 2. The minimum absolute atomic E-state index is 0.0949. The van der Waals surface area contributed by atoms with Crippen molar-refractivity contribution in [1.82, 2.24) is 10.2 Å². The van der Waals surface area contributed by atoms with E-state index in [4.69, 9.17) is 0 Å². The highest BCUT2D eigenvalue weighted by molar-refractivity contribution is 5.94. The molecule has 4 heteroatoms. The average molecular weight is 364 g/mol. The van der Waals surface area contributed by atoms with Crippen molar-refractivity contribution < 1.29 is 9.59 Å². The lowest BCUT2D eigenvalue weighted by Crippen LogP contribution is -2.39. The van der Waals surface area contributed by atoms with Crippen LogP contribution in [0.4, 0.5) is 0 Å². The van der Waals surface area contributed by atoms with Crippen molar-refractivity contribution in [1.29, 1.82) is 0 Å². The van der Waals surface area contributed by atoms with Crippen LogP contribution < -0.4 is 5.32 Å². The monoisotopic (exact) mass is 364 g/mol. The number of nitrogens with one attached hydrogen (secondary N) is 1. The summed E-state index contributed by atoms with van der Waals surface area (Å²) < 4.78 is 0. The van der Waals surface area contributed by atoms with Crippen molar-refractivity contribution in [2.45, 2.75) is 39.7 Å². The Hall–Kier alpha value is -2.62. The quantitative estimate of drug-likeness (QED) is 0.876. The lowest BCUT2D eigenvalue weighted by atomic mass is 9.92. The standard InChI is InChI=1S/C23H28N2O2/c1-17-7-9-20(10-8-17)23(27)25-13-11-19(12-14-25)15-22(26)24-16-21-6-4-3-5-18(21)2/h3-10,19H,11-16H2,1-2H3,(H,24,26). The van der Waals surface area contributed by atoms with E-state index >= 15 is 0 Å². The van der Waals surface area contributed by atoms with Crippen molar-refractivity contribution in [2.24, 2.45) is 5.92 Å². The molecule has 0 unspecified atom stereocenters. The largest absolute Gasteiger partial charge is 0.352 e. The van der Waals surface area contributed by atoms with Gasteiger partial charge in [-0.15, -0.1) is 0 Å². The Morgan fingerprint density at radius 2 is 1.67 bits per heavy atom.